The summed E-state index contributed by atoms with van der Waals surface area (Å²) < 4.78 is 0. The number of hydrogen-bond donors (Lipinski definition) is 2. The van der Waals surface area contributed by atoms with Gasteiger partial charge in [-0.05, 0) is 41.5 Å². The molecule has 1 aliphatic carbocycles. The molecule has 21 heavy (non-hydrogen) atoms. The number of carbonyl (C=O) groups is 1. The Morgan fingerprint density at radius 3 is 2.76 bits per heavy atom. The lowest BCUT2D eigenvalue weighted by Gasteiger charge is -2.34. The Bertz CT molecular complexity index is 518. The number of benzene rings is 1. The van der Waals surface area contributed by atoms with Crippen LogP contribution in [0.15, 0.2) is 18.2 Å². The molecule has 0 aromatic heterocycles. The molecule has 116 valence electrons. The summed E-state index contributed by atoms with van der Waals surface area (Å²) in [6.07, 6.45) is 3.63. The monoisotopic (exact) mass is 308 g/mol. The van der Waals surface area contributed by atoms with E-state index in [9.17, 15) is 4.79 Å². The lowest BCUT2D eigenvalue weighted by molar-refractivity contribution is 0.0891. The van der Waals surface area contributed by atoms with E-state index in [4.69, 9.17) is 0 Å². The number of carbonyl (C=O) groups excluding carboxylic acids is 1. The van der Waals surface area contributed by atoms with Crippen molar-refractivity contribution in [3.05, 3.63) is 34.9 Å². The van der Waals surface area contributed by atoms with Crippen molar-refractivity contribution in [2.75, 3.05) is 0 Å². The highest BCUT2D eigenvalue weighted by Crippen LogP contribution is 2.29. The maximum Gasteiger partial charge on any atom is 0.251 e. The first kappa shape index (κ1) is 16.3. The zero-order valence-electron chi connectivity index (χ0n) is 12.8. The SMILES string of the molecule is CC1CCCC(NC(=O)c2ccc3c(c2)CNC3)C1C.Cl. The number of halogens is 1. The minimum atomic E-state index is 0. The summed E-state index contributed by atoms with van der Waals surface area (Å²) in [5, 5.41) is 6.56. The van der Waals surface area contributed by atoms with Gasteiger partial charge in [-0.2, -0.15) is 0 Å². The molecule has 0 spiro atoms. The fourth-order valence-electron chi connectivity index (χ4n) is 3.47. The van der Waals surface area contributed by atoms with Crippen LogP contribution in [-0.4, -0.2) is 11.9 Å². The topological polar surface area (TPSA) is 41.1 Å². The molecule has 1 amide bonds. The molecule has 1 heterocycles. The Morgan fingerprint density at radius 2 is 1.95 bits per heavy atom. The van der Waals surface area contributed by atoms with E-state index in [1.807, 2.05) is 12.1 Å². The van der Waals surface area contributed by atoms with Crippen LogP contribution in [0.2, 0.25) is 0 Å². The van der Waals surface area contributed by atoms with Crippen molar-refractivity contribution in [1.29, 1.82) is 0 Å². The summed E-state index contributed by atoms with van der Waals surface area (Å²) in [7, 11) is 0. The third-order valence-electron chi connectivity index (χ3n) is 5.12. The van der Waals surface area contributed by atoms with Crippen molar-refractivity contribution >= 4 is 18.3 Å². The largest absolute Gasteiger partial charge is 0.349 e. The Balaban J connectivity index is 0.00000161. The van der Waals surface area contributed by atoms with Crippen LogP contribution in [0.3, 0.4) is 0 Å². The molecule has 1 aliphatic heterocycles. The van der Waals surface area contributed by atoms with Crippen molar-refractivity contribution in [2.45, 2.75) is 52.2 Å². The van der Waals surface area contributed by atoms with Crippen molar-refractivity contribution in [1.82, 2.24) is 10.6 Å². The van der Waals surface area contributed by atoms with Crippen LogP contribution in [0.5, 0.6) is 0 Å². The summed E-state index contributed by atoms with van der Waals surface area (Å²) in [5.74, 6) is 1.37. The van der Waals surface area contributed by atoms with Crippen molar-refractivity contribution in [2.24, 2.45) is 11.8 Å². The smallest absolute Gasteiger partial charge is 0.251 e. The second kappa shape index (κ2) is 6.80. The van der Waals surface area contributed by atoms with E-state index in [1.165, 1.54) is 24.0 Å². The Morgan fingerprint density at radius 1 is 1.19 bits per heavy atom. The number of nitrogens with one attached hydrogen (secondary N) is 2. The molecule has 3 unspecified atom stereocenters. The third kappa shape index (κ3) is 3.41. The first-order chi connectivity index (χ1) is 9.65. The maximum atomic E-state index is 12.4. The molecule has 1 aromatic rings. The third-order valence-corrected chi connectivity index (χ3v) is 5.12. The van der Waals surface area contributed by atoms with Gasteiger partial charge in [0.15, 0.2) is 0 Å². The standard InChI is InChI=1S/C17H24N2O.ClH/c1-11-4-3-5-16(12(11)2)19-17(20)13-6-7-14-9-18-10-15(14)8-13;/h6-8,11-12,16,18H,3-5,9-10H2,1-2H3,(H,19,20);1H. The minimum Gasteiger partial charge on any atom is -0.349 e. The second-order valence-corrected chi connectivity index (χ2v) is 6.43. The van der Waals surface area contributed by atoms with Gasteiger partial charge in [0, 0.05) is 24.7 Å². The van der Waals surface area contributed by atoms with E-state index in [0.717, 1.165) is 25.1 Å². The maximum absolute atomic E-state index is 12.4. The van der Waals surface area contributed by atoms with Crippen LogP contribution in [0.1, 0.15) is 54.6 Å². The highest BCUT2D eigenvalue weighted by atomic mass is 35.5. The second-order valence-electron chi connectivity index (χ2n) is 6.43. The van der Waals surface area contributed by atoms with E-state index in [2.05, 4.69) is 30.5 Å². The van der Waals surface area contributed by atoms with Gasteiger partial charge in [-0.25, -0.2) is 0 Å². The van der Waals surface area contributed by atoms with Crippen LogP contribution in [0, 0.1) is 11.8 Å². The molecule has 3 nitrogen and oxygen atoms in total. The predicted molar refractivity (Wildman–Crippen MR) is 87.7 cm³/mol. The molecule has 3 rings (SSSR count). The molecule has 2 aliphatic rings. The molecule has 3 atom stereocenters. The lowest BCUT2D eigenvalue weighted by atomic mass is 9.78. The predicted octanol–water partition coefficient (Wildman–Crippen LogP) is 3.27. The molecule has 1 aromatic carbocycles. The first-order valence-corrected chi connectivity index (χ1v) is 7.78. The molecule has 0 bridgehead atoms. The number of amides is 1. The van der Waals surface area contributed by atoms with Crippen molar-refractivity contribution in [3.8, 4) is 0 Å². The van der Waals surface area contributed by atoms with Crippen molar-refractivity contribution < 1.29 is 4.79 Å². The molecular weight excluding hydrogens is 284 g/mol. The zero-order valence-corrected chi connectivity index (χ0v) is 13.6. The number of rotatable bonds is 2. The van der Waals surface area contributed by atoms with Gasteiger partial charge >= 0.3 is 0 Å². The van der Waals surface area contributed by atoms with Gasteiger partial charge in [-0.3, -0.25) is 4.79 Å². The van der Waals surface area contributed by atoms with E-state index in [-0.39, 0.29) is 18.3 Å². The Kier molecular flexibility index (Phi) is 5.28. The average molecular weight is 309 g/mol. The van der Waals surface area contributed by atoms with Gasteiger partial charge in [0.1, 0.15) is 0 Å². The highest BCUT2D eigenvalue weighted by molar-refractivity contribution is 5.94. The quantitative estimate of drug-likeness (QED) is 0.880. The molecule has 1 fully saturated rings. The van der Waals surface area contributed by atoms with Gasteiger partial charge < -0.3 is 10.6 Å². The summed E-state index contributed by atoms with van der Waals surface area (Å²) >= 11 is 0. The fraction of sp³-hybridized carbons (Fsp3) is 0.588. The summed E-state index contributed by atoms with van der Waals surface area (Å²) in [5.41, 5.74) is 3.39. The molecule has 2 N–H and O–H groups in total. The van der Waals surface area contributed by atoms with Gasteiger partial charge in [0.2, 0.25) is 0 Å². The van der Waals surface area contributed by atoms with Crippen LogP contribution < -0.4 is 10.6 Å². The molecule has 0 radical (unpaired) electrons. The van der Waals surface area contributed by atoms with Crippen LogP contribution in [0.4, 0.5) is 0 Å². The summed E-state index contributed by atoms with van der Waals surface area (Å²) in [6.45, 7) is 6.37. The van der Waals surface area contributed by atoms with Crippen molar-refractivity contribution in [3.63, 3.8) is 0 Å². The van der Waals surface area contributed by atoms with E-state index in [0.29, 0.717) is 17.9 Å². The van der Waals surface area contributed by atoms with Crippen LogP contribution in [-0.2, 0) is 13.1 Å². The summed E-state index contributed by atoms with van der Waals surface area (Å²) in [4.78, 5) is 12.4. The number of hydrogen-bond acceptors (Lipinski definition) is 2. The molecule has 0 saturated heterocycles. The van der Waals surface area contributed by atoms with Gasteiger partial charge in [0.25, 0.3) is 5.91 Å². The van der Waals surface area contributed by atoms with Gasteiger partial charge in [0.05, 0.1) is 0 Å². The minimum absolute atomic E-state index is 0. The molecular formula is C17H25ClN2O. The number of fused-ring (bicyclic) bond motifs is 1. The zero-order chi connectivity index (χ0) is 14.1. The fourth-order valence-corrected chi connectivity index (χ4v) is 3.47. The molecule has 4 heteroatoms. The lowest BCUT2D eigenvalue weighted by Crippen LogP contribution is -2.43. The average Bonchev–Trinajstić information content (AvgIpc) is 2.91. The van der Waals surface area contributed by atoms with Crippen LogP contribution >= 0.6 is 12.4 Å². The summed E-state index contributed by atoms with van der Waals surface area (Å²) in [6, 6.07) is 6.41. The van der Waals surface area contributed by atoms with E-state index in [1.54, 1.807) is 0 Å². The van der Waals surface area contributed by atoms with Gasteiger partial charge in [-0.1, -0.05) is 32.8 Å². The Labute approximate surface area is 133 Å². The van der Waals surface area contributed by atoms with Crippen LogP contribution in [0.25, 0.3) is 0 Å². The highest BCUT2D eigenvalue weighted by Gasteiger charge is 2.28. The Hall–Kier alpha value is -1.06. The van der Waals surface area contributed by atoms with E-state index >= 15 is 0 Å². The molecule has 1 saturated carbocycles. The van der Waals surface area contributed by atoms with E-state index < -0.39 is 0 Å². The normalized spacial score (nSPS) is 27.6. The van der Waals surface area contributed by atoms with Gasteiger partial charge in [-0.15, -0.1) is 12.4 Å². The first-order valence-electron chi connectivity index (χ1n) is 7.78.